The van der Waals surface area contributed by atoms with E-state index in [0.29, 0.717) is 0 Å². The molecule has 1 heterocycles. The molecule has 1 aliphatic rings. The van der Waals surface area contributed by atoms with E-state index in [1.165, 1.54) is 5.56 Å². The monoisotopic (exact) mass is 246 g/mol. The highest BCUT2D eigenvalue weighted by atomic mass is 16.2. The summed E-state index contributed by atoms with van der Waals surface area (Å²) in [5, 5.41) is 3.38. The molecular weight excluding hydrogens is 224 g/mol. The Labute approximate surface area is 109 Å². The predicted octanol–water partition coefficient (Wildman–Crippen LogP) is 2.92. The van der Waals surface area contributed by atoms with Crippen molar-refractivity contribution in [1.82, 2.24) is 4.90 Å². The molecule has 1 N–H and O–H groups in total. The zero-order valence-corrected chi connectivity index (χ0v) is 11.5. The van der Waals surface area contributed by atoms with Gasteiger partial charge in [-0.2, -0.15) is 0 Å². The summed E-state index contributed by atoms with van der Waals surface area (Å²) in [6, 6.07) is 6.31. The summed E-state index contributed by atoms with van der Waals surface area (Å²) < 4.78 is 0. The molecule has 1 aromatic carbocycles. The Bertz CT molecular complexity index is 442. The summed E-state index contributed by atoms with van der Waals surface area (Å²) in [5.41, 5.74) is 3.13. The van der Waals surface area contributed by atoms with Crippen LogP contribution in [0.4, 0.5) is 5.69 Å². The predicted molar refractivity (Wildman–Crippen MR) is 75.1 cm³/mol. The zero-order chi connectivity index (χ0) is 13.1. The fourth-order valence-electron chi connectivity index (χ4n) is 2.35. The lowest BCUT2D eigenvalue weighted by Gasteiger charge is -2.27. The van der Waals surface area contributed by atoms with E-state index >= 15 is 0 Å². The van der Waals surface area contributed by atoms with Gasteiger partial charge >= 0.3 is 0 Å². The molecule has 1 atom stereocenters. The molecule has 1 aromatic rings. The van der Waals surface area contributed by atoms with E-state index in [9.17, 15) is 4.79 Å². The largest absolute Gasteiger partial charge is 0.384 e. The Kier molecular flexibility index (Phi) is 3.90. The average molecular weight is 246 g/mol. The van der Waals surface area contributed by atoms with Gasteiger partial charge in [0.2, 0.25) is 0 Å². The van der Waals surface area contributed by atoms with E-state index in [-0.39, 0.29) is 11.9 Å². The number of fused-ring (bicyclic) bond motifs is 1. The fourth-order valence-corrected chi connectivity index (χ4v) is 2.35. The molecule has 18 heavy (non-hydrogen) atoms. The molecular formula is C15H22N2O. The third-order valence-corrected chi connectivity index (χ3v) is 3.88. The number of nitrogens with zero attached hydrogens (tertiary/aromatic N) is 1. The summed E-state index contributed by atoms with van der Waals surface area (Å²) in [6.45, 7) is 5.15. The fraction of sp³-hybridized carbons (Fsp3) is 0.533. The van der Waals surface area contributed by atoms with Crippen LogP contribution in [0.5, 0.6) is 0 Å². The number of hydrogen-bond donors (Lipinski definition) is 1. The highest BCUT2D eigenvalue weighted by Crippen LogP contribution is 2.27. The van der Waals surface area contributed by atoms with Crippen molar-refractivity contribution >= 4 is 11.6 Å². The Morgan fingerprint density at radius 3 is 3.00 bits per heavy atom. The van der Waals surface area contributed by atoms with Gasteiger partial charge in [0.15, 0.2) is 0 Å². The standard InChI is InChI=1S/C15H22N2O/c1-4-11(2)17(3)15(18)13-9-5-7-12-8-6-10-16-14(12)13/h5,7,9,11,16H,4,6,8,10H2,1-3H3. The van der Waals surface area contributed by atoms with Crippen LogP contribution in [-0.4, -0.2) is 30.4 Å². The van der Waals surface area contributed by atoms with Crippen LogP contribution in [0.1, 0.15) is 42.6 Å². The normalized spacial score (nSPS) is 15.5. The molecule has 0 aliphatic carbocycles. The second-order valence-corrected chi connectivity index (χ2v) is 5.04. The van der Waals surface area contributed by atoms with E-state index in [1.807, 2.05) is 24.1 Å². The first-order valence-corrected chi connectivity index (χ1v) is 6.78. The number of hydrogen-bond acceptors (Lipinski definition) is 2. The first-order valence-electron chi connectivity index (χ1n) is 6.78. The number of benzene rings is 1. The number of carbonyl (C=O) groups excluding carboxylic acids is 1. The molecule has 1 aliphatic heterocycles. The van der Waals surface area contributed by atoms with Crippen LogP contribution in [-0.2, 0) is 6.42 Å². The SMILES string of the molecule is CCC(C)N(C)C(=O)c1cccc2c1NCCC2. The summed E-state index contributed by atoms with van der Waals surface area (Å²) in [5.74, 6) is 0.121. The van der Waals surface area contributed by atoms with Crippen molar-refractivity contribution in [3.63, 3.8) is 0 Å². The first-order chi connectivity index (χ1) is 8.65. The van der Waals surface area contributed by atoms with Crippen LogP contribution in [0.3, 0.4) is 0 Å². The molecule has 0 bridgehead atoms. The van der Waals surface area contributed by atoms with Crippen molar-refractivity contribution in [2.24, 2.45) is 0 Å². The number of nitrogens with one attached hydrogen (secondary N) is 1. The van der Waals surface area contributed by atoms with E-state index in [2.05, 4.69) is 25.2 Å². The highest BCUT2D eigenvalue weighted by Gasteiger charge is 2.21. The van der Waals surface area contributed by atoms with Crippen LogP contribution >= 0.6 is 0 Å². The van der Waals surface area contributed by atoms with Gasteiger partial charge in [-0.15, -0.1) is 0 Å². The topological polar surface area (TPSA) is 32.3 Å². The maximum atomic E-state index is 12.5. The minimum atomic E-state index is 0.121. The van der Waals surface area contributed by atoms with Crippen LogP contribution in [0.15, 0.2) is 18.2 Å². The van der Waals surface area contributed by atoms with Gasteiger partial charge in [0.05, 0.1) is 11.3 Å². The lowest BCUT2D eigenvalue weighted by molar-refractivity contribution is 0.0741. The quantitative estimate of drug-likeness (QED) is 0.889. The molecule has 1 unspecified atom stereocenters. The van der Waals surface area contributed by atoms with Gasteiger partial charge < -0.3 is 10.2 Å². The van der Waals surface area contributed by atoms with Crippen molar-refractivity contribution in [1.29, 1.82) is 0 Å². The number of amides is 1. The third kappa shape index (κ3) is 2.35. The van der Waals surface area contributed by atoms with Crippen molar-refractivity contribution in [2.75, 3.05) is 18.9 Å². The summed E-state index contributed by atoms with van der Waals surface area (Å²) in [6.07, 6.45) is 3.19. The highest BCUT2D eigenvalue weighted by molar-refractivity contribution is 6.00. The molecule has 0 radical (unpaired) electrons. The van der Waals surface area contributed by atoms with Crippen molar-refractivity contribution < 1.29 is 4.79 Å². The van der Waals surface area contributed by atoms with E-state index < -0.39 is 0 Å². The minimum Gasteiger partial charge on any atom is -0.384 e. The molecule has 0 fully saturated rings. The van der Waals surface area contributed by atoms with Crippen LogP contribution in [0.25, 0.3) is 0 Å². The van der Waals surface area contributed by atoms with E-state index in [4.69, 9.17) is 0 Å². The minimum absolute atomic E-state index is 0.121. The zero-order valence-electron chi connectivity index (χ0n) is 11.5. The van der Waals surface area contributed by atoms with Gasteiger partial charge in [0.1, 0.15) is 0 Å². The molecule has 2 rings (SSSR count). The smallest absolute Gasteiger partial charge is 0.255 e. The van der Waals surface area contributed by atoms with Gasteiger partial charge in [0.25, 0.3) is 5.91 Å². The van der Waals surface area contributed by atoms with Crippen molar-refractivity contribution in [3.05, 3.63) is 29.3 Å². The lowest BCUT2D eigenvalue weighted by atomic mass is 9.98. The molecule has 0 saturated heterocycles. The summed E-state index contributed by atoms with van der Waals surface area (Å²) >= 11 is 0. The maximum Gasteiger partial charge on any atom is 0.255 e. The van der Waals surface area contributed by atoms with Gasteiger partial charge in [-0.25, -0.2) is 0 Å². The molecule has 3 heteroatoms. The Balaban J connectivity index is 2.30. The van der Waals surface area contributed by atoms with Crippen molar-refractivity contribution in [2.45, 2.75) is 39.2 Å². The molecule has 0 spiro atoms. The first kappa shape index (κ1) is 12.9. The molecule has 1 amide bonds. The van der Waals surface area contributed by atoms with E-state index in [0.717, 1.165) is 37.1 Å². The number of carbonyl (C=O) groups is 1. The molecule has 0 saturated carbocycles. The number of rotatable bonds is 3. The van der Waals surface area contributed by atoms with Crippen molar-refractivity contribution in [3.8, 4) is 0 Å². The van der Waals surface area contributed by atoms with Gasteiger partial charge in [-0.05, 0) is 37.8 Å². The second kappa shape index (κ2) is 5.42. The van der Waals surface area contributed by atoms with Gasteiger partial charge in [-0.1, -0.05) is 19.1 Å². The number of anilines is 1. The van der Waals surface area contributed by atoms with Gasteiger partial charge in [-0.3, -0.25) is 4.79 Å². The number of aryl methyl sites for hydroxylation is 1. The average Bonchev–Trinajstić information content (AvgIpc) is 2.44. The van der Waals surface area contributed by atoms with Crippen LogP contribution < -0.4 is 5.32 Å². The molecule has 3 nitrogen and oxygen atoms in total. The second-order valence-electron chi connectivity index (χ2n) is 5.04. The Hall–Kier alpha value is -1.51. The number of para-hydroxylation sites is 1. The molecule has 98 valence electrons. The summed E-state index contributed by atoms with van der Waals surface area (Å²) in [7, 11) is 1.89. The Morgan fingerprint density at radius 1 is 1.50 bits per heavy atom. The molecule has 0 aromatic heterocycles. The third-order valence-electron chi connectivity index (χ3n) is 3.88. The van der Waals surface area contributed by atoms with Crippen LogP contribution in [0, 0.1) is 0 Å². The van der Waals surface area contributed by atoms with E-state index in [1.54, 1.807) is 0 Å². The summed E-state index contributed by atoms with van der Waals surface area (Å²) in [4.78, 5) is 14.3. The Morgan fingerprint density at radius 2 is 2.28 bits per heavy atom. The van der Waals surface area contributed by atoms with Gasteiger partial charge in [0, 0.05) is 19.6 Å². The van der Waals surface area contributed by atoms with Crippen LogP contribution in [0.2, 0.25) is 0 Å². The lowest BCUT2D eigenvalue weighted by Crippen LogP contribution is -2.35. The maximum absolute atomic E-state index is 12.5.